The van der Waals surface area contributed by atoms with E-state index in [1.807, 2.05) is 24.3 Å². The number of nitrogens with one attached hydrogen (secondary N) is 2. The van der Waals surface area contributed by atoms with Crippen LogP contribution in [0.25, 0.3) is 0 Å². The third kappa shape index (κ3) is 3.89. The third-order valence-electron chi connectivity index (χ3n) is 4.67. The molecule has 2 fully saturated rings. The predicted molar refractivity (Wildman–Crippen MR) is 92.7 cm³/mol. The topological polar surface area (TPSA) is 58.2 Å². The molecule has 2 aliphatic rings. The first-order valence-corrected chi connectivity index (χ1v) is 9.22. The minimum atomic E-state index is -0.863. The standard InChI is InChI=1S/C16H22N2O2S.ClH/c1-21(20)11-12-3-2-4-13(9-12)18-15(19)14-10-16(14)5-7-17-8-6-16;/h2-4,9,14,17H,5-8,10-11H2,1H3,(H,18,19);1H. The summed E-state index contributed by atoms with van der Waals surface area (Å²) < 4.78 is 11.3. The van der Waals surface area contributed by atoms with Gasteiger partial charge in [-0.3, -0.25) is 9.00 Å². The molecule has 6 heteroatoms. The van der Waals surface area contributed by atoms with Crippen LogP contribution in [0.4, 0.5) is 5.69 Å². The normalized spacial score (nSPS) is 23.4. The summed E-state index contributed by atoms with van der Waals surface area (Å²) in [6.45, 7) is 2.06. The van der Waals surface area contributed by atoms with E-state index >= 15 is 0 Å². The lowest BCUT2D eigenvalue weighted by Gasteiger charge is -2.23. The fraction of sp³-hybridized carbons (Fsp3) is 0.562. The summed E-state index contributed by atoms with van der Waals surface area (Å²) in [5.41, 5.74) is 2.08. The number of carbonyl (C=O) groups is 1. The van der Waals surface area contributed by atoms with Crippen LogP contribution in [0.5, 0.6) is 0 Å². The van der Waals surface area contributed by atoms with Gasteiger partial charge in [0.05, 0.1) is 0 Å². The summed E-state index contributed by atoms with van der Waals surface area (Å²) in [7, 11) is -0.863. The number of amides is 1. The van der Waals surface area contributed by atoms with Crippen molar-refractivity contribution in [3.63, 3.8) is 0 Å². The minimum Gasteiger partial charge on any atom is -0.326 e. The Hall–Kier alpha value is -0.910. The Bertz CT molecular complexity index is 573. The third-order valence-corrected chi connectivity index (χ3v) is 5.41. The second-order valence-electron chi connectivity index (χ2n) is 6.28. The van der Waals surface area contributed by atoms with E-state index in [1.54, 1.807) is 6.26 Å². The summed E-state index contributed by atoms with van der Waals surface area (Å²) in [6.07, 6.45) is 4.94. The molecule has 2 N–H and O–H groups in total. The zero-order chi connectivity index (χ0) is 14.9. The van der Waals surface area contributed by atoms with Crippen molar-refractivity contribution < 1.29 is 9.00 Å². The lowest BCUT2D eigenvalue weighted by molar-refractivity contribution is -0.118. The highest BCUT2D eigenvalue weighted by atomic mass is 35.5. The summed E-state index contributed by atoms with van der Waals surface area (Å²) in [6, 6.07) is 7.68. The van der Waals surface area contributed by atoms with Crippen LogP contribution >= 0.6 is 12.4 Å². The molecule has 0 bridgehead atoms. The number of hydrogen-bond donors (Lipinski definition) is 2. The molecule has 1 saturated heterocycles. The molecule has 0 aromatic heterocycles. The van der Waals surface area contributed by atoms with Crippen LogP contribution in [0, 0.1) is 11.3 Å². The smallest absolute Gasteiger partial charge is 0.228 e. The Morgan fingerprint density at radius 1 is 1.41 bits per heavy atom. The van der Waals surface area contributed by atoms with Gasteiger partial charge in [0.15, 0.2) is 0 Å². The average molecular weight is 343 g/mol. The van der Waals surface area contributed by atoms with Gasteiger partial charge in [0.25, 0.3) is 0 Å². The van der Waals surface area contributed by atoms with Crippen molar-refractivity contribution in [2.24, 2.45) is 11.3 Å². The first-order chi connectivity index (χ1) is 10.1. The quantitative estimate of drug-likeness (QED) is 0.882. The molecule has 2 atom stereocenters. The maximum absolute atomic E-state index is 12.4. The zero-order valence-electron chi connectivity index (χ0n) is 12.8. The van der Waals surface area contributed by atoms with Crippen molar-refractivity contribution in [1.29, 1.82) is 0 Å². The van der Waals surface area contributed by atoms with E-state index in [0.717, 1.165) is 43.6 Å². The largest absolute Gasteiger partial charge is 0.326 e. The molecule has 1 amide bonds. The van der Waals surface area contributed by atoms with Gasteiger partial charge in [0, 0.05) is 34.4 Å². The number of benzene rings is 1. The highest BCUT2D eigenvalue weighted by Crippen LogP contribution is 2.58. The molecule has 4 nitrogen and oxygen atoms in total. The summed E-state index contributed by atoms with van der Waals surface area (Å²) in [5, 5.41) is 6.39. The Kier molecular flexibility index (Phi) is 5.64. The molecule has 22 heavy (non-hydrogen) atoms. The first-order valence-electron chi connectivity index (χ1n) is 7.50. The van der Waals surface area contributed by atoms with Gasteiger partial charge in [-0.15, -0.1) is 12.4 Å². The fourth-order valence-electron chi connectivity index (χ4n) is 3.40. The van der Waals surface area contributed by atoms with Crippen LogP contribution in [0.1, 0.15) is 24.8 Å². The van der Waals surface area contributed by atoms with Crippen molar-refractivity contribution in [2.75, 3.05) is 24.7 Å². The van der Waals surface area contributed by atoms with Crippen LogP contribution in [-0.4, -0.2) is 29.5 Å². The molecule has 1 aliphatic carbocycles. The van der Waals surface area contributed by atoms with Crippen molar-refractivity contribution in [3.8, 4) is 0 Å². The lowest BCUT2D eigenvalue weighted by atomic mass is 9.92. The molecular weight excluding hydrogens is 320 g/mol. The number of halogens is 1. The Morgan fingerprint density at radius 3 is 2.82 bits per heavy atom. The van der Waals surface area contributed by atoms with E-state index in [9.17, 15) is 9.00 Å². The molecule has 3 rings (SSSR count). The Balaban J connectivity index is 0.00000176. The molecule has 1 saturated carbocycles. The van der Waals surface area contributed by atoms with Gasteiger partial charge in [-0.25, -0.2) is 0 Å². The Morgan fingerprint density at radius 2 is 2.14 bits per heavy atom. The second kappa shape index (κ2) is 7.11. The number of hydrogen-bond acceptors (Lipinski definition) is 3. The molecule has 2 unspecified atom stereocenters. The molecule has 0 radical (unpaired) electrons. The van der Waals surface area contributed by atoms with Crippen LogP contribution < -0.4 is 10.6 Å². The Labute approximate surface area is 140 Å². The van der Waals surface area contributed by atoms with Gasteiger partial charge in [-0.05, 0) is 55.5 Å². The lowest BCUT2D eigenvalue weighted by Crippen LogP contribution is -2.31. The van der Waals surface area contributed by atoms with Crippen LogP contribution in [-0.2, 0) is 21.3 Å². The molecule has 1 heterocycles. The molecule has 122 valence electrons. The molecule has 1 aromatic rings. The summed E-state index contributed by atoms with van der Waals surface area (Å²) >= 11 is 0. The number of piperidine rings is 1. The highest BCUT2D eigenvalue weighted by molar-refractivity contribution is 7.83. The molecular formula is C16H23ClN2O2S. The van der Waals surface area contributed by atoms with E-state index in [0.29, 0.717) is 5.75 Å². The molecule has 1 aliphatic heterocycles. The van der Waals surface area contributed by atoms with Crippen molar-refractivity contribution in [3.05, 3.63) is 29.8 Å². The van der Waals surface area contributed by atoms with Crippen molar-refractivity contribution in [1.82, 2.24) is 5.32 Å². The van der Waals surface area contributed by atoms with Gasteiger partial charge >= 0.3 is 0 Å². The molecule has 1 spiro atoms. The van der Waals surface area contributed by atoms with E-state index in [2.05, 4.69) is 10.6 Å². The van der Waals surface area contributed by atoms with Crippen LogP contribution in [0.2, 0.25) is 0 Å². The maximum Gasteiger partial charge on any atom is 0.228 e. The predicted octanol–water partition coefficient (Wildman–Crippen LogP) is 2.32. The van der Waals surface area contributed by atoms with Crippen LogP contribution in [0.15, 0.2) is 24.3 Å². The number of carbonyl (C=O) groups excluding carboxylic acids is 1. The monoisotopic (exact) mass is 342 g/mol. The fourth-order valence-corrected chi connectivity index (χ4v) is 4.05. The van der Waals surface area contributed by atoms with E-state index in [4.69, 9.17) is 0 Å². The molecule has 1 aromatic carbocycles. The highest BCUT2D eigenvalue weighted by Gasteiger charge is 2.57. The minimum absolute atomic E-state index is 0. The van der Waals surface area contributed by atoms with E-state index < -0.39 is 10.8 Å². The van der Waals surface area contributed by atoms with Gasteiger partial charge in [0.1, 0.15) is 0 Å². The number of anilines is 1. The SMILES string of the molecule is CS(=O)Cc1cccc(NC(=O)C2CC23CCNCC3)c1.Cl. The second-order valence-corrected chi connectivity index (χ2v) is 7.71. The van der Waals surface area contributed by atoms with Gasteiger partial charge in [0.2, 0.25) is 5.91 Å². The number of rotatable bonds is 4. The van der Waals surface area contributed by atoms with Gasteiger partial charge < -0.3 is 10.6 Å². The zero-order valence-corrected chi connectivity index (χ0v) is 14.4. The van der Waals surface area contributed by atoms with Crippen molar-refractivity contribution in [2.45, 2.75) is 25.0 Å². The summed E-state index contributed by atoms with van der Waals surface area (Å²) in [5.74, 6) is 0.846. The summed E-state index contributed by atoms with van der Waals surface area (Å²) in [4.78, 5) is 12.4. The van der Waals surface area contributed by atoms with Gasteiger partial charge in [-0.2, -0.15) is 0 Å². The first kappa shape index (κ1) is 17.4. The average Bonchev–Trinajstić information content (AvgIpc) is 3.13. The van der Waals surface area contributed by atoms with Crippen molar-refractivity contribution >= 4 is 34.8 Å². The van der Waals surface area contributed by atoms with Crippen LogP contribution in [0.3, 0.4) is 0 Å². The maximum atomic E-state index is 12.4. The van der Waals surface area contributed by atoms with E-state index in [1.165, 1.54) is 0 Å². The van der Waals surface area contributed by atoms with E-state index in [-0.39, 0.29) is 29.6 Å². The van der Waals surface area contributed by atoms with Gasteiger partial charge in [-0.1, -0.05) is 12.1 Å².